The van der Waals surface area contributed by atoms with Gasteiger partial charge in [-0.25, -0.2) is 4.79 Å². The zero-order chi connectivity index (χ0) is 9.07. The van der Waals surface area contributed by atoms with Gasteiger partial charge in [-0.15, -0.1) is 0 Å². The van der Waals surface area contributed by atoms with Crippen LogP contribution >= 0.6 is 0 Å². The second kappa shape index (κ2) is 2.66. The summed E-state index contributed by atoms with van der Waals surface area (Å²) in [6.45, 7) is 0.951. The second-order valence-electron chi connectivity index (χ2n) is 2.13. The molecule has 1 atom stereocenters. The van der Waals surface area contributed by atoms with E-state index in [4.69, 9.17) is 11.6 Å². The van der Waals surface area contributed by atoms with Gasteiger partial charge in [-0.05, 0) is 6.92 Å². The average Bonchev–Trinajstić information content (AvgIpc) is 1.86. The van der Waals surface area contributed by atoms with Gasteiger partial charge in [-0.3, -0.25) is 4.79 Å². The number of rotatable bonds is 3. The summed E-state index contributed by atoms with van der Waals surface area (Å²) < 4.78 is 6.08. The molecule has 0 saturated carbocycles. The van der Waals surface area contributed by atoms with Crippen LogP contribution < -0.4 is 0 Å². The molecule has 10 heavy (non-hydrogen) atoms. The van der Waals surface area contributed by atoms with Gasteiger partial charge in [0, 0.05) is 0 Å². The molecule has 0 fully saturated rings. The van der Waals surface area contributed by atoms with Crippen LogP contribution in [0.2, 0.25) is 0 Å². The highest BCUT2D eigenvalue weighted by atomic mass is 16.4. The molecule has 0 aliphatic heterocycles. The van der Waals surface area contributed by atoms with Crippen molar-refractivity contribution in [3.05, 3.63) is 0 Å². The third-order valence-corrected chi connectivity index (χ3v) is 0.949. The van der Waals surface area contributed by atoms with Crippen molar-refractivity contribution in [3.8, 4) is 0 Å². The first kappa shape index (κ1) is 7.01. The molecule has 0 aromatic carbocycles. The molecule has 0 aliphatic rings. The van der Waals surface area contributed by atoms with E-state index in [-0.39, 0.29) is 0 Å². The van der Waals surface area contributed by atoms with Gasteiger partial charge < -0.3 is 15.3 Å². The van der Waals surface area contributed by atoms with E-state index in [1.165, 1.54) is 0 Å². The molecule has 0 aliphatic carbocycles. The Morgan fingerprint density at radius 1 is 1.70 bits per heavy atom. The zero-order valence-corrected chi connectivity index (χ0v) is 5.33. The molecule has 0 bridgehead atoms. The zero-order valence-electron chi connectivity index (χ0n) is 6.33. The Bertz CT molecular complexity index is 176. The van der Waals surface area contributed by atoms with Gasteiger partial charge in [0.15, 0.2) is 5.60 Å². The summed E-state index contributed by atoms with van der Waals surface area (Å²) in [6.07, 6.45) is -0.730. The number of carboxylic acid groups (broad SMARTS) is 2. The van der Waals surface area contributed by atoms with Crippen LogP contribution in [0.25, 0.3) is 1.43 Å². The first-order valence-corrected chi connectivity index (χ1v) is 2.52. The van der Waals surface area contributed by atoms with Crippen molar-refractivity contribution < 1.29 is 24.9 Å². The van der Waals surface area contributed by atoms with Crippen LogP contribution in [0.4, 0.5) is 0 Å². The summed E-state index contributed by atoms with van der Waals surface area (Å²) in [7, 11) is 0. The Hall–Kier alpha value is -1.10. The Morgan fingerprint density at radius 2 is 2.20 bits per heavy atom. The minimum Gasteiger partial charge on any atom is -0.481 e. The lowest BCUT2D eigenvalue weighted by molar-refractivity contribution is -0.163. The van der Waals surface area contributed by atoms with Gasteiger partial charge in [-0.2, -0.15) is 0 Å². The molecule has 3 N–H and O–H groups in total. The monoisotopic (exact) mass is 149 g/mol. The summed E-state index contributed by atoms with van der Waals surface area (Å²) in [6, 6.07) is 0. The van der Waals surface area contributed by atoms with Crippen molar-refractivity contribution in [1.82, 2.24) is 0 Å². The molecule has 0 aromatic rings. The van der Waals surface area contributed by atoms with Gasteiger partial charge in [0.25, 0.3) is 1.43 Å². The molecule has 5 nitrogen and oxygen atoms in total. The van der Waals surface area contributed by atoms with E-state index in [9.17, 15) is 9.59 Å². The van der Waals surface area contributed by atoms with E-state index < -0.39 is 24.0 Å². The lowest BCUT2D eigenvalue weighted by Gasteiger charge is -2.13. The van der Waals surface area contributed by atoms with E-state index in [1.807, 2.05) is 0 Å². The molecule has 5 heteroatoms. The highest BCUT2D eigenvalue weighted by Crippen LogP contribution is 2.08. The predicted molar refractivity (Wildman–Crippen MR) is 30.5 cm³/mol. The van der Waals surface area contributed by atoms with Crippen LogP contribution in [0.5, 0.6) is 0 Å². The Morgan fingerprint density at radius 3 is 2.50 bits per heavy atom. The molecule has 0 aromatic heterocycles. The number of carbonyl (C=O) groups is 2. The average molecular weight is 149 g/mol. The standard InChI is InChI=1S/C5H8O5/c1-5(10,4(8)9)2-3(6)7/h10H,2H2,1H3,(H,6,7)(H,8,9)/i/hD. The van der Waals surface area contributed by atoms with E-state index in [2.05, 4.69) is 5.11 Å². The summed E-state index contributed by atoms with van der Waals surface area (Å²) in [5.74, 6) is -2.61. The van der Waals surface area contributed by atoms with Crippen molar-refractivity contribution in [1.29, 1.82) is 1.43 Å². The molecule has 0 amide bonds. The quantitative estimate of drug-likeness (QED) is 0.493. The van der Waals surface area contributed by atoms with Crippen molar-refractivity contribution in [3.63, 3.8) is 0 Å². The van der Waals surface area contributed by atoms with Gasteiger partial charge >= 0.3 is 11.9 Å². The largest absolute Gasteiger partial charge is 0.481 e. The number of hydrogen-bond donors (Lipinski definition) is 3. The topological polar surface area (TPSA) is 94.8 Å². The molecule has 0 rings (SSSR count). The van der Waals surface area contributed by atoms with Crippen molar-refractivity contribution in [2.45, 2.75) is 18.9 Å². The SMILES string of the molecule is [2H]OC(=O)CC(C)(O)C(=O)O. The fourth-order valence-corrected chi connectivity index (χ4v) is 0.357. The first-order valence-electron chi connectivity index (χ1n) is 2.92. The number of carboxylic acids is 2. The molecule has 0 spiro atoms. The molecule has 1 unspecified atom stereocenters. The third-order valence-electron chi connectivity index (χ3n) is 0.949. The van der Waals surface area contributed by atoms with Gasteiger partial charge in [0.1, 0.15) is 0 Å². The number of aliphatic carboxylic acids is 2. The Labute approximate surface area is 58.4 Å². The minimum absolute atomic E-state index is 0.730. The maximum Gasteiger partial charge on any atom is 0.335 e. The molecule has 0 heterocycles. The molecular weight excluding hydrogens is 140 g/mol. The summed E-state index contributed by atoms with van der Waals surface area (Å²) in [5.41, 5.74) is -2.15. The molecule has 58 valence electrons. The summed E-state index contributed by atoms with van der Waals surface area (Å²) in [4.78, 5) is 20.5. The fourth-order valence-electron chi connectivity index (χ4n) is 0.357. The smallest absolute Gasteiger partial charge is 0.335 e. The minimum atomic E-state index is -2.15. The van der Waals surface area contributed by atoms with Crippen LogP contribution in [0.3, 0.4) is 0 Å². The molecule has 0 saturated heterocycles. The van der Waals surface area contributed by atoms with E-state index in [0.29, 0.717) is 0 Å². The normalized spacial score (nSPS) is 16.8. The van der Waals surface area contributed by atoms with Crippen molar-refractivity contribution in [2.24, 2.45) is 0 Å². The maximum atomic E-state index is 10.3. The van der Waals surface area contributed by atoms with Crippen LogP contribution in [0.15, 0.2) is 0 Å². The van der Waals surface area contributed by atoms with Gasteiger partial charge in [0.2, 0.25) is 0 Å². The van der Waals surface area contributed by atoms with Crippen molar-refractivity contribution in [2.75, 3.05) is 0 Å². The van der Waals surface area contributed by atoms with Gasteiger partial charge in [-0.1, -0.05) is 0 Å². The van der Waals surface area contributed by atoms with Crippen molar-refractivity contribution >= 4 is 11.9 Å². The van der Waals surface area contributed by atoms with Gasteiger partial charge in [0.05, 0.1) is 6.42 Å². The second-order valence-corrected chi connectivity index (χ2v) is 2.13. The van der Waals surface area contributed by atoms with E-state index >= 15 is 0 Å². The Kier molecular flexibility index (Phi) is 1.86. The van der Waals surface area contributed by atoms with E-state index in [1.54, 1.807) is 0 Å². The van der Waals surface area contributed by atoms with Crippen LogP contribution in [0.1, 0.15) is 13.3 Å². The third kappa shape index (κ3) is 2.45. The summed E-state index contributed by atoms with van der Waals surface area (Å²) in [5, 5.41) is 20.6. The highest BCUT2D eigenvalue weighted by Gasteiger charge is 2.32. The maximum absolute atomic E-state index is 10.3. The van der Waals surface area contributed by atoms with E-state index in [0.717, 1.165) is 6.92 Å². The van der Waals surface area contributed by atoms with Crippen LogP contribution in [-0.2, 0) is 9.59 Å². The summed E-state index contributed by atoms with van der Waals surface area (Å²) >= 11 is 0. The fraction of sp³-hybridized carbons (Fsp3) is 0.600. The van der Waals surface area contributed by atoms with Crippen LogP contribution in [-0.4, -0.2) is 32.9 Å². The lowest BCUT2D eigenvalue weighted by Crippen LogP contribution is -2.37. The highest BCUT2D eigenvalue weighted by molar-refractivity contribution is 5.83. The Balaban J connectivity index is 4.12. The number of aliphatic hydroxyl groups is 1. The number of hydrogen-bond acceptors (Lipinski definition) is 4. The molecular formula is C5H8O5. The van der Waals surface area contributed by atoms with Crippen LogP contribution in [0, 0.1) is 0 Å². The predicted octanol–water partition coefficient (Wildman–Crippen LogP) is -0.703. The lowest BCUT2D eigenvalue weighted by atomic mass is 10.0. The first-order chi connectivity index (χ1) is 4.90. The molecule has 0 radical (unpaired) electrons.